The molecule has 0 bridgehead atoms. The van der Waals surface area contributed by atoms with Crippen LogP contribution in [0.1, 0.15) is 37.6 Å². The molecule has 0 unspecified atom stereocenters. The fourth-order valence-corrected chi connectivity index (χ4v) is 4.09. The average Bonchev–Trinajstić information content (AvgIpc) is 3.24. The van der Waals surface area contributed by atoms with Gasteiger partial charge in [0.15, 0.2) is 10.7 Å². The highest BCUT2D eigenvalue weighted by atomic mass is 32.1. The molecule has 1 N–H and O–H groups in total. The average molecular weight is 403 g/mol. The fraction of sp³-hybridized carbons (Fsp3) is 0.167. The zero-order valence-corrected chi connectivity index (χ0v) is 17.5. The number of hydrogen-bond acceptors (Lipinski definition) is 4. The first kappa shape index (κ1) is 19.3. The number of carbonyl (C=O) groups is 1. The van der Waals surface area contributed by atoms with Gasteiger partial charge in [-0.1, -0.05) is 36.4 Å². The van der Waals surface area contributed by atoms with Gasteiger partial charge in [0.1, 0.15) is 0 Å². The van der Waals surface area contributed by atoms with E-state index >= 15 is 0 Å². The summed E-state index contributed by atoms with van der Waals surface area (Å²) in [6.07, 6.45) is 5.50. The van der Waals surface area contributed by atoms with Crippen LogP contribution in [0.15, 0.2) is 54.7 Å². The second-order valence-electron chi connectivity index (χ2n) is 7.19. The third kappa shape index (κ3) is 3.79. The Morgan fingerprint density at radius 1 is 1.10 bits per heavy atom. The van der Waals surface area contributed by atoms with Crippen molar-refractivity contribution >= 4 is 28.2 Å². The molecule has 2 heterocycles. The van der Waals surface area contributed by atoms with Gasteiger partial charge < -0.3 is 5.11 Å². The van der Waals surface area contributed by atoms with Crippen molar-refractivity contribution in [2.24, 2.45) is 0 Å². The number of aromatic nitrogens is 2. The number of aliphatic hydroxyl groups is 1. The Morgan fingerprint density at radius 2 is 1.86 bits per heavy atom. The molecule has 0 atom stereocenters. The maximum Gasteiger partial charge on any atom is 0.194 e. The SMILES string of the molecule is Cc1cn2c(C=CC(=O)c3ccc(C)c(C)c3)c(-c3ccc(CO)cc3)nc2s1. The van der Waals surface area contributed by atoms with Crippen LogP contribution in [0.5, 0.6) is 0 Å². The zero-order valence-electron chi connectivity index (χ0n) is 16.6. The molecule has 2 aromatic carbocycles. The van der Waals surface area contributed by atoms with Gasteiger partial charge in [0.2, 0.25) is 0 Å². The lowest BCUT2D eigenvalue weighted by Gasteiger charge is -2.03. The number of hydrogen-bond donors (Lipinski definition) is 1. The van der Waals surface area contributed by atoms with Crippen LogP contribution in [0.25, 0.3) is 22.3 Å². The molecule has 4 aromatic rings. The van der Waals surface area contributed by atoms with E-state index in [1.807, 2.05) is 79.9 Å². The molecule has 5 heteroatoms. The van der Waals surface area contributed by atoms with Gasteiger partial charge in [0.05, 0.1) is 18.0 Å². The van der Waals surface area contributed by atoms with Gasteiger partial charge in [-0.2, -0.15) is 0 Å². The Kier molecular flexibility index (Phi) is 5.18. The predicted molar refractivity (Wildman–Crippen MR) is 118 cm³/mol. The maximum atomic E-state index is 12.7. The molecule has 4 rings (SSSR count). The normalized spacial score (nSPS) is 11.6. The number of nitrogens with zero attached hydrogens (tertiary/aromatic N) is 2. The van der Waals surface area contributed by atoms with Crippen molar-refractivity contribution in [2.75, 3.05) is 0 Å². The Hall–Kier alpha value is -3.02. The highest BCUT2D eigenvalue weighted by molar-refractivity contribution is 7.17. The molecule has 0 saturated heterocycles. The number of aliphatic hydroxyl groups excluding tert-OH is 1. The van der Waals surface area contributed by atoms with E-state index in [0.717, 1.165) is 37.9 Å². The van der Waals surface area contributed by atoms with Gasteiger partial charge in [-0.15, -0.1) is 11.3 Å². The quantitative estimate of drug-likeness (QED) is 0.360. The zero-order chi connectivity index (χ0) is 20.5. The summed E-state index contributed by atoms with van der Waals surface area (Å²) < 4.78 is 2.03. The maximum absolute atomic E-state index is 12.7. The van der Waals surface area contributed by atoms with Crippen molar-refractivity contribution < 1.29 is 9.90 Å². The van der Waals surface area contributed by atoms with Crippen LogP contribution in [0.2, 0.25) is 0 Å². The topological polar surface area (TPSA) is 54.6 Å². The molecule has 146 valence electrons. The van der Waals surface area contributed by atoms with Gasteiger partial charge in [0, 0.05) is 22.2 Å². The number of rotatable bonds is 5. The van der Waals surface area contributed by atoms with Gasteiger partial charge >= 0.3 is 0 Å². The van der Waals surface area contributed by atoms with Crippen LogP contribution >= 0.6 is 11.3 Å². The number of imidazole rings is 1. The van der Waals surface area contributed by atoms with Crippen molar-refractivity contribution in [3.8, 4) is 11.3 Å². The van der Waals surface area contributed by atoms with E-state index in [1.54, 1.807) is 17.4 Å². The number of thiazole rings is 1. The summed E-state index contributed by atoms with van der Waals surface area (Å²) in [7, 11) is 0. The van der Waals surface area contributed by atoms with Crippen molar-refractivity contribution in [3.63, 3.8) is 0 Å². The molecular weight excluding hydrogens is 380 g/mol. The first-order valence-corrected chi connectivity index (χ1v) is 10.3. The van der Waals surface area contributed by atoms with E-state index in [9.17, 15) is 9.90 Å². The molecule has 0 fully saturated rings. The minimum absolute atomic E-state index is 0.00891. The Labute approximate surface area is 173 Å². The summed E-state index contributed by atoms with van der Waals surface area (Å²) in [6, 6.07) is 13.5. The van der Waals surface area contributed by atoms with Crippen molar-refractivity contribution in [1.82, 2.24) is 9.38 Å². The lowest BCUT2D eigenvalue weighted by molar-refractivity contribution is 0.104. The first-order valence-electron chi connectivity index (χ1n) is 9.44. The monoisotopic (exact) mass is 402 g/mol. The first-order chi connectivity index (χ1) is 14.0. The number of allylic oxidation sites excluding steroid dienone is 1. The highest BCUT2D eigenvalue weighted by Gasteiger charge is 2.15. The molecule has 0 amide bonds. The van der Waals surface area contributed by atoms with Gasteiger partial charge in [-0.25, -0.2) is 4.98 Å². The number of carbonyl (C=O) groups excluding carboxylic acids is 1. The van der Waals surface area contributed by atoms with Crippen LogP contribution in [0, 0.1) is 20.8 Å². The summed E-state index contributed by atoms with van der Waals surface area (Å²) >= 11 is 1.62. The predicted octanol–water partition coefficient (Wildman–Crippen LogP) is 5.38. The van der Waals surface area contributed by atoms with Crippen LogP contribution in [-0.4, -0.2) is 20.3 Å². The van der Waals surface area contributed by atoms with Gasteiger partial charge in [-0.3, -0.25) is 9.20 Å². The van der Waals surface area contributed by atoms with E-state index in [-0.39, 0.29) is 12.4 Å². The molecular formula is C24H22N2O2S. The summed E-state index contributed by atoms with van der Waals surface area (Å²) in [6.45, 7) is 6.10. The van der Waals surface area contributed by atoms with Crippen molar-refractivity contribution in [1.29, 1.82) is 0 Å². The second kappa shape index (κ2) is 7.78. The van der Waals surface area contributed by atoms with Crippen LogP contribution in [-0.2, 0) is 6.61 Å². The smallest absolute Gasteiger partial charge is 0.194 e. The second-order valence-corrected chi connectivity index (χ2v) is 8.40. The number of fused-ring (bicyclic) bond motifs is 1. The Bertz CT molecular complexity index is 1230. The van der Waals surface area contributed by atoms with E-state index in [2.05, 4.69) is 0 Å². The molecule has 0 saturated carbocycles. The molecule has 0 spiro atoms. The Morgan fingerprint density at radius 3 is 2.55 bits per heavy atom. The van der Waals surface area contributed by atoms with Crippen LogP contribution in [0.3, 0.4) is 0 Å². The number of benzene rings is 2. The number of ketones is 1. The van der Waals surface area contributed by atoms with E-state index in [1.165, 1.54) is 5.56 Å². The molecule has 4 nitrogen and oxygen atoms in total. The lowest BCUT2D eigenvalue weighted by Crippen LogP contribution is -1.96. The minimum Gasteiger partial charge on any atom is -0.392 e. The van der Waals surface area contributed by atoms with Gasteiger partial charge in [0.25, 0.3) is 0 Å². The largest absolute Gasteiger partial charge is 0.392 e. The summed E-state index contributed by atoms with van der Waals surface area (Å²) in [4.78, 5) is 19.6. The lowest BCUT2D eigenvalue weighted by atomic mass is 10.0. The van der Waals surface area contributed by atoms with Crippen molar-refractivity contribution in [3.05, 3.63) is 87.6 Å². The molecule has 0 aliphatic heterocycles. The van der Waals surface area contributed by atoms with E-state index in [4.69, 9.17) is 4.98 Å². The van der Waals surface area contributed by atoms with Crippen LogP contribution < -0.4 is 0 Å². The summed E-state index contributed by atoms with van der Waals surface area (Å²) in [5.74, 6) is -0.0309. The van der Waals surface area contributed by atoms with Crippen LogP contribution in [0.4, 0.5) is 0 Å². The molecule has 0 aliphatic rings. The van der Waals surface area contributed by atoms with E-state index in [0.29, 0.717) is 5.56 Å². The third-order valence-corrected chi connectivity index (χ3v) is 5.97. The molecule has 0 radical (unpaired) electrons. The third-order valence-electron chi connectivity index (χ3n) is 5.07. The van der Waals surface area contributed by atoms with E-state index < -0.39 is 0 Å². The molecule has 29 heavy (non-hydrogen) atoms. The molecule has 0 aliphatic carbocycles. The minimum atomic E-state index is -0.0309. The Balaban J connectivity index is 1.75. The number of aryl methyl sites for hydroxylation is 3. The fourth-order valence-electron chi connectivity index (χ4n) is 3.26. The standard InChI is InChI=1S/C24H22N2O2S/c1-15-4-7-20(12-16(15)2)22(28)11-10-21-23(19-8-5-18(14-27)6-9-19)25-24-26(21)13-17(3)29-24/h4-13,27H,14H2,1-3H3. The highest BCUT2D eigenvalue weighted by Crippen LogP contribution is 2.29. The van der Waals surface area contributed by atoms with Gasteiger partial charge in [-0.05, 0) is 55.7 Å². The summed E-state index contributed by atoms with van der Waals surface area (Å²) in [5.41, 5.74) is 6.46. The molecule has 2 aromatic heterocycles. The van der Waals surface area contributed by atoms with Crippen molar-refractivity contribution in [2.45, 2.75) is 27.4 Å². The summed E-state index contributed by atoms with van der Waals surface area (Å²) in [5, 5.41) is 9.29.